The van der Waals surface area contributed by atoms with Crippen LogP contribution < -0.4 is 0 Å². The lowest BCUT2D eigenvalue weighted by Crippen LogP contribution is -2.66. The van der Waals surface area contributed by atoms with E-state index in [2.05, 4.69) is 0 Å². The molecule has 2 N–H and O–H groups in total. The second-order valence-electron chi connectivity index (χ2n) is 5.68. The molecule has 0 aliphatic carbocycles. The maximum absolute atomic E-state index is 12.8. The van der Waals surface area contributed by atoms with Crippen molar-refractivity contribution in [1.29, 1.82) is 0 Å². The van der Waals surface area contributed by atoms with Crippen LogP contribution >= 0.6 is 12.2 Å². The predicted octanol–water partition coefficient (Wildman–Crippen LogP) is -0.312. The molecule has 10 heteroatoms. The average Bonchev–Trinajstić information content (AvgIpc) is 2.53. The van der Waals surface area contributed by atoms with Crippen molar-refractivity contribution >= 4 is 41.1 Å². The summed E-state index contributed by atoms with van der Waals surface area (Å²) in [7, 11) is 0. The molecule has 2 aliphatic rings. The molecular weight excluding hydrogens is 340 g/mol. The van der Waals surface area contributed by atoms with Crippen molar-refractivity contribution in [3.8, 4) is 0 Å². The number of amides is 2. The SMILES string of the molecule is O=C(O)CCN1C(=O)C2(CCOCC2)C(=O)N(CCC(=O)O)C1=S. The maximum Gasteiger partial charge on any atom is 0.305 e. The Labute approximate surface area is 143 Å². The molecule has 0 aromatic rings. The van der Waals surface area contributed by atoms with Crippen LogP contribution in [0.2, 0.25) is 0 Å². The fourth-order valence-electron chi connectivity index (χ4n) is 2.88. The number of carbonyl (C=O) groups excluding carboxylic acids is 2. The highest BCUT2D eigenvalue weighted by Gasteiger charge is 2.56. The van der Waals surface area contributed by atoms with Crippen LogP contribution in [0.25, 0.3) is 0 Å². The van der Waals surface area contributed by atoms with E-state index in [1.54, 1.807) is 0 Å². The van der Waals surface area contributed by atoms with Crippen LogP contribution in [0.1, 0.15) is 25.7 Å². The molecule has 0 aromatic carbocycles. The lowest BCUT2D eigenvalue weighted by Gasteiger charge is -2.47. The van der Waals surface area contributed by atoms with Crippen LogP contribution in [-0.4, -0.2) is 75.2 Å². The number of carbonyl (C=O) groups is 4. The molecule has 0 aromatic heterocycles. The number of nitrogens with zero attached hydrogens (tertiary/aromatic N) is 2. The third kappa shape index (κ3) is 3.39. The normalized spacial score (nSPS) is 20.6. The number of hydrogen-bond donors (Lipinski definition) is 2. The minimum absolute atomic E-state index is 0.135. The summed E-state index contributed by atoms with van der Waals surface area (Å²) in [6.45, 7) is 0.131. The van der Waals surface area contributed by atoms with Gasteiger partial charge in [-0.2, -0.15) is 0 Å². The molecule has 9 nitrogen and oxygen atoms in total. The Kier molecular flexibility index (Phi) is 5.50. The molecule has 2 amide bonds. The van der Waals surface area contributed by atoms with E-state index in [4.69, 9.17) is 27.2 Å². The van der Waals surface area contributed by atoms with Crippen molar-refractivity contribution in [1.82, 2.24) is 9.80 Å². The third-order valence-electron chi connectivity index (χ3n) is 4.22. The van der Waals surface area contributed by atoms with Crippen LogP contribution in [-0.2, 0) is 23.9 Å². The van der Waals surface area contributed by atoms with Gasteiger partial charge in [0.15, 0.2) is 5.11 Å². The van der Waals surface area contributed by atoms with Gasteiger partial charge in [0.25, 0.3) is 0 Å². The summed E-state index contributed by atoms with van der Waals surface area (Å²) in [5.74, 6) is -3.23. The molecular formula is C14H18N2O7S. The highest BCUT2D eigenvalue weighted by Crippen LogP contribution is 2.38. The molecule has 2 fully saturated rings. The number of carboxylic acids is 2. The first kappa shape index (κ1) is 18.3. The van der Waals surface area contributed by atoms with Gasteiger partial charge in [-0.3, -0.25) is 29.0 Å². The van der Waals surface area contributed by atoms with E-state index in [9.17, 15) is 19.2 Å². The summed E-state index contributed by atoms with van der Waals surface area (Å²) in [4.78, 5) is 49.6. The molecule has 0 radical (unpaired) electrons. The van der Waals surface area contributed by atoms with Crippen molar-refractivity contribution in [2.75, 3.05) is 26.3 Å². The van der Waals surface area contributed by atoms with Crippen molar-refractivity contribution in [3.05, 3.63) is 0 Å². The van der Waals surface area contributed by atoms with Crippen molar-refractivity contribution < 1.29 is 34.1 Å². The quantitative estimate of drug-likeness (QED) is 0.489. The number of aliphatic carboxylic acids is 2. The molecule has 0 atom stereocenters. The largest absolute Gasteiger partial charge is 0.481 e. The van der Waals surface area contributed by atoms with E-state index < -0.39 is 29.2 Å². The number of carboxylic acid groups (broad SMARTS) is 2. The Bertz CT molecular complexity index is 544. The van der Waals surface area contributed by atoms with Crippen molar-refractivity contribution in [2.45, 2.75) is 25.7 Å². The zero-order valence-corrected chi connectivity index (χ0v) is 13.7. The van der Waals surface area contributed by atoms with E-state index in [-0.39, 0.29) is 57.1 Å². The summed E-state index contributed by atoms with van der Waals surface area (Å²) < 4.78 is 5.22. The van der Waals surface area contributed by atoms with Crippen LogP contribution in [0, 0.1) is 5.41 Å². The minimum atomic E-state index is -1.35. The molecule has 24 heavy (non-hydrogen) atoms. The predicted molar refractivity (Wildman–Crippen MR) is 83.0 cm³/mol. The van der Waals surface area contributed by atoms with Gasteiger partial charge in [0.1, 0.15) is 5.41 Å². The Morgan fingerprint density at radius 2 is 1.42 bits per heavy atom. The fraction of sp³-hybridized carbons (Fsp3) is 0.643. The summed E-state index contributed by atoms with van der Waals surface area (Å²) in [5, 5.41) is 17.6. The van der Waals surface area contributed by atoms with Crippen LogP contribution in [0.5, 0.6) is 0 Å². The van der Waals surface area contributed by atoms with E-state index in [1.807, 2.05) is 0 Å². The Hall–Kier alpha value is -2.07. The summed E-state index contributed by atoms with van der Waals surface area (Å²) >= 11 is 5.15. The van der Waals surface area contributed by atoms with Crippen LogP contribution in [0.15, 0.2) is 0 Å². The molecule has 2 aliphatic heterocycles. The van der Waals surface area contributed by atoms with E-state index >= 15 is 0 Å². The zero-order valence-electron chi connectivity index (χ0n) is 12.9. The lowest BCUT2D eigenvalue weighted by atomic mass is 9.76. The minimum Gasteiger partial charge on any atom is -0.481 e. The molecule has 2 rings (SSSR count). The van der Waals surface area contributed by atoms with Gasteiger partial charge in [0.05, 0.1) is 12.8 Å². The van der Waals surface area contributed by atoms with Crippen molar-refractivity contribution in [3.63, 3.8) is 0 Å². The maximum atomic E-state index is 12.8. The highest BCUT2D eigenvalue weighted by molar-refractivity contribution is 7.80. The molecule has 2 saturated heterocycles. The standard InChI is InChI=1S/C14H18N2O7S/c17-9(18)1-5-15-11(21)14(3-7-23-8-4-14)12(22)16(13(15)24)6-2-10(19)20/h1-8H2,(H,17,18)(H,19,20). The van der Waals surface area contributed by atoms with Gasteiger partial charge in [-0.05, 0) is 25.1 Å². The first-order valence-electron chi connectivity index (χ1n) is 7.49. The number of ether oxygens (including phenoxy) is 1. The molecule has 2 heterocycles. The van der Waals surface area contributed by atoms with Gasteiger partial charge >= 0.3 is 11.9 Å². The zero-order chi connectivity index (χ0) is 17.9. The van der Waals surface area contributed by atoms with Crippen LogP contribution in [0.4, 0.5) is 0 Å². The first-order valence-corrected chi connectivity index (χ1v) is 7.89. The van der Waals surface area contributed by atoms with E-state index in [0.717, 1.165) is 9.80 Å². The molecule has 1 spiro atoms. The van der Waals surface area contributed by atoms with Gasteiger partial charge < -0.3 is 14.9 Å². The fourth-order valence-corrected chi connectivity index (χ4v) is 3.23. The van der Waals surface area contributed by atoms with Crippen molar-refractivity contribution in [2.24, 2.45) is 5.41 Å². The van der Waals surface area contributed by atoms with E-state index in [1.165, 1.54) is 0 Å². The first-order chi connectivity index (χ1) is 11.3. The second-order valence-corrected chi connectivity index (χ2v) is 6.04. The Morgan fingerprint density at radius 3 is 1.79 bits per heavy atom. The average molecular weight is 358 g/mol. The van der Waals surface area contributed by atoms with Gasteiger partial charge in [-0.25, -0.2) is 0 Å². The smallest absolute Gasteiger partial charge is 0.305 e. The highest BCUT2D eigenvalue weighted by atomic mass is 32.1. The Morgan fingerprint density at radius 1 is 1.00 bits per heavy atom. The molecule has 0 saturated carbocycles. The number of hydrogen-bond acceptors (Lipinski definition) is 6. The third-order valence-corrected chi connectivity index (χ3v) is 4.66. The van der Waals surface area contributed by atoms with Gasteiger partial charge in [-0.15, -0.1) is 0 Å². The lowest BCUT2D eigenvalue weighted by molar-refractivity contribution is -0.163. The van der Waals surface area contributed by atoms with Gasteiger partial charge in [0.2, 0.25) is 11.8 Å². The Balaban J connectivity index is 2.32. The summed E-state index contributed by atoms with van der Waals surface area (Å²) in [6.07, 6.45) is -0.306. The summed E-state index contributed by atoms with van der Waals surface area (Å²) in [5.41, 5.74) is -1.35. The van der Waals surface area contributed by atoms with E-state index in [0.29, 0.717) is 0 Å². The van der Waals surface area contributed by atoms with Gasteiger partial charge in [-0.1, -0.05) is 0 Å². The molecule has 0 unspecified atom stereocenters. The second kappa shape index (κ2) is 7.22. The number of thiocarbonyl (C=S) groups is 1. The topological polar surface area (TPSA) is 124 Å². The monoisotopic (exact) mass is 358 g/mol. The molecule has 132 valence electrons. The number of rotatable bonds is 6. The summed E-state index contributed by atoms with van der Waals surface area (Å²) in [6, 6.07) is 0. The van der Waals surface area contributed by atoms with Gasteiger partial charge in [0, 0.05) is 26.3 Å². The van der Waals surface area contributed by atoms with Crippen LogP contribution in [0.3, 0.4) is 0 Å². The molecule has 0 bridgehead atoms.